The van der Waals surface area contributed by atoms with E-state index in [0.717, 1.165) is 59.7 Å². The van der Waals surface area contributed by atoms with Crippen molar-refractivity contribution in [1.82, 2.24) is 9.78 Å². The van der Waals surface area contributed by atoms with Crippen LogP contribution in [0.15, 0.2) is 72.9 Å². The molecule has 0 spiro atoms. The number of benzene rings is 3. The molecule has 0 bridgehead atoms. The van der Waals surface area contributed by atoms with Crippen molar-refractivity contribution in [3.63, 3.8) is 0 Å². The summed E-state index contributed by atoms with van der Waals surface area (Å²) in [5, 5.41) is 5.28. The Kier molecular flexibility index (Phi) is 7.87. The summed E-state index contributed by atoms with van der Waals surface area (Å²) in [7, 11) is 3.21. The van der Waals surface area contributed by atoms with Gasteiger partial charge in [0.25, 0.3) is 0 Å². The Morgan fingerprint density at radius 1 is 1.05 bits per heavy atom. The lowest BCUT2D eigenvalue weighted by molar-refractivity contribution is -0.134. The monoisotopic (exact) mass is 525 g/mol. The second kappa shape index (κ2) is 11.6. The Balaban J connectivity index is 1.45. The molecule has 1 aliphatic carbocycles. The van der Waals surface area contributed by atoms with Crippen LogP contribution in [0.1, 0.15) is 43.2 Å². The Morgan fingerprint density at radius 3 is 2.59 bits per heavy atom. The third-order valence-corrected chi connectivity index (χ3v) is 7.48. The first-order valence-corrected chi connectivity index (χ1v) is 13.3. The van der Waals surface area contributed by atoms with Gasteiger partial charge in [0.2, 0.25) is 5.91 Å². The van der Waals surface area contributed by atoms with Gasteiger partial charge in [0.05, 0.1) is 25.4 Å². The van der Waals surface area contributed by atoms with Gasteiger partial charge in [-0.25, -0.2) is 9.18 Å². The molecule has 0 aliphatic heterocycles. The summed E-state index contributed by atoms with van der Waals surface area (Å²) in [6.45, 7) is 0.118. The van der Waals surface area contributed by atoms with Gasteiger partial charge in [0.15, 0.2) is 0 Å². The molecule has 6 nitrogen and oxygen atoms in total. The molecular weight excluding hydrogens is 493 g/mol. The molecule has 3 aromatic carbocycles. The van der Waals surface area contributed by atoms with Crippen molar-refractivity contribution in [2.75, 3.05) is 12.0 Å². The van der Waals surface area contributed by atoms with Crippen molar-refractivity contribution in [3.8, 4) is 11.1 Å². The van der Waals surface area contributed by atoms with E-state index in [4.69, 9.17) is 0 Å². The predicted molar refractivity (Wildman–Crippen MR) is 151 cm³/mol. The number of hydrogen-bond donors (Lipinski definition) is 0. The number of nitrogens with zero attached hydrogens (tertiary/aromatic N) is 3. The summed E-state index contributed by atoms with van der Waals surface area (Å²) >= 11 is 0. The summed E-state index contributed by atoms with van der Waals surface area (Å²) in [5.74, 6) is -0.891. The van der Waals surface area contributed by atoms with Crippen LogP contribution >= 0.6 is 0 Å². The molecule has 4 aromatic rings. The highest BCUT2D eigenvalue weighted by Crippen LogP contribution is 2.31. The zero-order chi connectivity index (χ0) is 27.4. The zero-order valence-corrected chi connectivity index (χ0v) is 22.3. The summed E-state index contributed by atoms with van der Waals surface area (Å²) in [6.07, 6.45) is 9.66. The van der Waals surface area contributed by atoms with E-state index in [1.807, 2.05) is 55.6 Å². The number of amides is 1. The number of methoxy groups -OCH3 is 1. The zero-order valence-electron chi connectivity index (χ0n) is 22.3. The summed E-state index contributed by atoms with van der Waals surface area (Å²) < 4.78 is 22.0. The maximum absolute atomic E-state index is 15.5. The topological polar surface area (TPSA) is 64.4 Å². The molecule has 1 aromatic heterocycles. The molecule has 0 atom stereocenters. The van der Waals surface area contributed by atoms with Crippen LogP contribution in [0.4, 0.5) is 10.1 Å². The van der Waals surface area contributed by atoms with Gasteiger partial charge in [-0.1, -0.05) is 49.6 Å². The number of rotatable bonds is 7. The van der Waals surface area contributed by atoms with Crippen molar-refractivity contribution >= 4 is 34.5 Å². The first-order chi connectivity index (χ1) is 18.9. The minimum Gasteiger partial charge on any atom is -0.466 e. The lowest BCUT2D eigenvalue weighted by Crippen LogP contribution is -2.37. The molecular formula is C32H32FN3O3. The molecule has 1 aliphatic rings. The lowest BCUT2D eigenvalue weighted by Gasteiger charge is -2.30. The molecule has 0 N–H and O–H groups in total. The fraction of sp³-hybridized carbons (Fsp3) is 0.281. The molecule has 200 valence electrons. The lowest BCUT2D eigenvalue weighted by atomic mass is 9.88. The number of esters is 1. The van der Waals surface area contributed by atoms with Gasteiger partial charge in [0.1, 0.15) is 5.82 Å². The molecule has 1 fully saturated rings. The highest BCUT2D eigenvalue weighted by atomic mass is 19.1. The highest BCUT2D eigenvalue weighted by molar-refractivity contribution is 5.95. The molecule has 0 saturated heterocycles. The highest BCUT2D eigenvalue weighted by Gasteiger charge is 2.28. The maximum atomic E-state index is 15.5. The standard InChI is InChI=1S/C32H32FN3O3/c1-35-30-15-14-24(18-27(30)20-34-35)25-12-13-26(29(33)19-25)21-36(32(38)23-8-4-3-5-9-23)28-10-6-7-22(17-28)11-16-31(37)39-2/h6-7,10-20,23H,3-5,8-9,21H2,1-2H3/b16-11+. The fourth-order valence-corrected chi connectivity index (χ4v) is 5.26. The normalized spacial score (nSPS) is 14.1. The number of carbonyl (C=O) groups excluding carboxylic acids is 2. The molecule has 0 radical (unpaired) electrons. The third-order valence-electron chi connectivity index (χ3n) is 7.48. The predicted octanol–water partition coefficient (Wildman–Crippen LogP) is 6.68. The van der Waals surface area contributed by atoms with E-state index in [-0.39, 0.29) is 24.2 Å². The second-order valence-electron chi connectivity index (χ2n) is 10.1. The van der Waals surface area contributed by atoms with Gasteiger partial charge in [-0.3, -0.25) is 9.48 Å². The summed E-state index contributed by atoms with van der Waals surface area (Å²) in [5.41, 5.74) is 4.55. The van der Waals surface area contributed by atoms with E-state index in [1.165, 1.54) is 19.3 Å². The molecule has 1 heterocycles. The van der Waals surface area contributed by atoms with Gasteiger partial charge in [0, 0.05) is 35.7 Å². The van der Waals surface area contributed by atoms with Crippen LogP contribution in [0.3, 0.4) is 0 Å². The second-order valence-corrected chi connectivity index (χ2v) is 10.1. The van der Waals surface area contributed by atoms with Gasteiger partial charge >= 0.3 is 5.97 Å². The summed E-state index contributed by atoms with van der Waals surface area (Å²) in [6, 6.07) is 18.5. The first kappa shape index (κ1) is 26.4. The number of anilines is 1. The van der Waals surface area contributed by atoms with E-state index < -0.39 is 5.97 Å². The Morgan fingerprint density at radius 2 is 1.82 bits per heavy atom. The fourth-order valence-electron chi connectivity index (χ4n) is 5.26. The molecule has 5 rings (SSSR count). The average molecular weight is 526 g/mol. The van der Waals surface area contributed by atoms with Crippen LogP contribution < -0.4 is 4.90 Å². The van der Waals surface area contributed by atoms with Crippen LogP contribution in [0.25, 0.3) is 28.1 Å². The molecule has 7 heteroatoms. The number of carbonyl (C=O) groups is 2. The largest absolute Gasteiger partial charge is 0.466 e. The molecule has 1 saturated carbocycles. The molecule has 39 heavy (non-hydrogen) atoms. The Labute approximate surface area is 227 Å². The van der Waals surface area contributed by atoms with Gasteiger partial charge in [-0.15, -0.1) is 0 Å². The van der Waals surface area contributed by atoms with Crippen molar-refractivity contribution in [2.24, 2.45) is 13.0 Å². The maximum Gasteiger partial charge on any atom is 0.330 e. The number of ether oxygens (including phenoxy) is 1. The SMILES string of the molecule is COC(=O)/C=C/c1cccc(N(Cc2ccc(-c3ccc4c(cnn4C)c3)cc2F)C(=O)C2CCCCC2)c1. The summed E-state index contributed by atoms with van der Waals surface area (Å²) in [4.78, 5) is 27.0. The van der Waals surface area contributed by atoms with Crippen LogP contribution in [-0.2, 0) is 27.9 Å². The minimum atomic E-state index is -0.458. The quantitative estimate of drug-likeness (QED) is 0.199. The van der Waals surface area contributed by atoms with Gasteiger partial charge in [-0.2, -0.15) is 5.10 Å². The van der Waals surface area contributed by atoms with Crippen molar-refractivity contribution in [2.45, 2.75) is 38.6 Å². The van der Waals surface area contributed by atoms with Crippen molar-refractivity contribution in [3.05, 3.63) is 89.9 Å². The van der Waals surface area contributed by atoms with Crippen LogP contribution in [0.5, 0.6) is 0 Å². The van der Waals surface area contributed by atoms with E-state index in [0.29, 0.717) is 11.3 Å². The van der Waals surface area contributed by atoms with Crippen molar-refractivity contribution in [1.29, 1.82) is 0 Å². The van der Waals surface area contributed by atoms with Crippen LogP contribution in [0.2, 0.25) is 0 Å². The molecule has 0 unspecified atom stereocenters. The number of hydrogen-bond acceptors (Lipinski definition) is 4. The van der Waals surface area contributed by atoms with Gasteiger partial charge in [-0.05, 0) is 65.9 Å². The van der Waals surface area contributed by atoms with E-state index in [9.17, 15) is 9.59 Å². The number of halogens is 1. The van der Waals surface area contributed by atoms with Gasteiger partial charge < -0.3 is 9.64 Å². The number of fused-ring (bicyclic) bond motifs is 1. The third kappa shape index (κ3) is 5.93. The number of aromatic nitrogens is 2. The van der Waals surface area contributed by atoms with E-state index in [1.54, 1.807) is 27.9 Å². The number of aryl methyl sites for hydroxylation is 1. The van der Waals surface area contributed by atoms with E-state index >= 15 is 4.39 Å². The van der Waals surface area contributed by atoms with E-state index in [2.05, 4.69) is 9.84 Å². The van der Waals surface area contributed by atoms with Crippen LogP contribution in [-0.4, -0.2) is 28.8 Å². The van der Waals surface area contributed by atoms with Crippen LogP contribution in [0, 0.1) is 11.7 Å². The smallest absolute Gasteiger partial charge is 0.330 e. The minimum absolute atomic E-state index is 0.00861. The average Bonchev–Trinajstić information content (AvgIpc) is 3.35. The van der Waals surface area contributed by atoms with Crippen molar-refractivity contribution < 1.29 is 18.7 Å². The Bertz CT molecular complexity index is 1530. The Hall–Kier alpha value is -4.26. The molecule has 1 amide bonds. The first-order valence-electron chi connectivity index (χ1n) is 13.3.